The molecule has 0 atom stereocenters. The Balaban J connectivity index is 2.52. The van der Waals surface area contributed by atoms with E-state index in [1.165, 1.54) is 6.42 Å². The van der Waals surface area contributed by atoms with Crippen molar-refractivity contribution in [2.75, 3.05) is 0 Å². The Morgan fingerprint density at radius 3 is 2.86 bits per heavy atom. The molecule has 1 rings (SSSR count). The Morgan fingerprint density at radius 1 is 1.71 bits per heavy atom. The Morgan fingerprint density at radius 2 is 2.57 bits per heavy atom. The third-order valence-electron chi connectivity index (χ3n) is 1.26. The van der Waals surface area contributed by atoms with Crippen LogP contribution in [0.25, 0.3) is 0 Å². The van der Waals surface area contributed by atoms with E-state index in [0.717, 1.165) is 0 Å². The maximum atomic E-state index is 2.39. The third kappa shape index (κ3) is 1.34. The molecule has 0 unspecified atom stereocenters. The molecule has 0 spiro atoms. The van der Waals surface area contributed by atoms with Crippen LogP contribution in [0.4, 0.5) is 0 Å². The van der Waals surface area contributed by atoms with E-state index in [-0.39, 0.29) is 21.1 Å². The van der Waals surface area contributed by atoms with Gasteiger partial charge in [0.1, 0.15) is 0 Å². The molecule has 0 radical (unpaired) electrons. The molecule has 1 aliphatic carbocycles. The Kier molecular flexibility index (Phi) is 1.98. The fourth-order valence-electron chi connectivity index (χ4n) is 0.769. The molecule has 1 aliphatic rings. The first-order valence-electron chi connectivity index (χ1n) is 2.79. The molecule has 0 saturated carbocycles. The summed E-state index contributed by atoms with van der Waals surface area (Å²) >= 11 is -0.361. The zero-order chi connectivity index (χ0) is 5.11. The Labute approximate surface area is 54.5 Å². The van der Waals surface area contributed by atoms with Crippen molar-refractivity contribution in [2.45, 2.75) is 11.4 Å². The third-order valence-corrected chi connectivity index (χ3v) is 5.08. The van der Waals surface area contributed by atoms with Gasteiger partial charge in [-0.15, -0.1) is 0 Å². The minimum atomic E-state index is -0.361. The van der Waals surface area contributed by atoms with Gasteiger partial charge >= 0.3 is 54.3 Å². The number of rotatable bonds is 1. The van der Waals surface area contributed by atoms with Crippen LogP contribution in [0.5, 0.6) is 0 Å². The van der Waals surface area contributed by atoms with Gasteiger partial charge in [-0.1, -0.05) is 0 Å². The van der Waals surface area contributed by atoms with Gasteiger partial charge in [-0.25, -0.2) is 0 Å². The number of hydrogen-bond donors (Lipinski definition) is 0. The van der Waals surface area contributed by atoms with E-state index in [9.17, 15) is 0 Å². The van der Waals surface area contributed by atoms with Crippen LogP contribution in [0.15, 0.2) is 21.8 Å². The summed E-state index contributed by atoms with van der Waals surface area (Å²) in [5.74, 6) is 0. The summed E-state index contributed by atoms with van der Waals surface area (Å²) in [6.45, 7) is 0. The van der Waals surface area contributed by atoms with E-state index >= 15 is 0 Å². The molecule has 0 heterocycles. The van der Waals surface area contributed by atoms with Crippen LogP contribution >= 0.6 is 0 Å². The van der Waals surface area contributed by atoms with Crippen LogP contribution in [0.3, 0.4) is 0 Å². The maximum absolute atomic E-state index is 2.39. The van der Waals surface area contributed by atoms with E-state index in [2.05, 4.69) is 23.2 Å². The van der Waals surface area contributed by atoms with Crippen molar-refractivity contribution in [2.24, 2.45) is 0 Å². The first kappa shape index (κ1) is 5.42. The van der Waals surface area contributed by atoms with Crippen LogP contribution in [-0.2, 0) is 0 Å². The second kappa shape index (κ2) is 2.55. The fourth-order valence-corrected chi connectivity index (χ4v) is 3.22. The molecular weight excluding hydrogens is 191 g/mol. The van der Waals surface area contributed by atoms with Crippen LogP contribution in [0, 0.1) is 0 Å². The van der Waals surface area contributed by atoms with Crippen LogP contribution in [0.1, 0.15) is 6.42 Å². The first-order valence-corrected chi connectivity index (χ1v) is 8.84. The van der Waals surface area contributed by atoms with Crippen molar-refractivity contribution >= 4 is 21.1 Å². The molecule has 0 aliphatic heterocycles. The number of hydrogen-bond acceptors (Lipinski definition) is 0. The summed E-state index contributed by atoms with van der Waals surface area (Å²) < 4.78 is 1.70. The van der Waals surface area contributed by atoms with E-state index in [4.69, 9.17) is 0 Å². The summed E-state index contributed by atoms with van der Waals surface area (Å²) in [5.41, 5.74) is 0. The summed E-state index contributed by atoms with van der Waals surface area (Å²) in [4.78, 5) is 2.39. The normalized spacial score (nSPS) is 19.3. The molecule has 0 fully saturated rings. The van der Waals surface area contributed by atoms with Gasteiger partial charge in [0.15, 0.2) is 0 Å². The molecule has 1 heteroatoms. The molecule has 0 bridgehead atoms. The summed E-state index contributed by atoms with van der Waals surface area (Å²) in [5, 5.41) is 0. The van der Waals surface area contributed by atoms with E-state index in [0.29, 0.717) is 0 Å². The predicted octanol–water partition coefficient (Wildman–Crippen LogP) is 1.05. The van der Waals surface area contributed by atoms with E-state index in [1.807, 2.05) is 0 Å². The van der Waals surface area contributed by atoms with Crippen molar-refractivity contribution in [3.05, 3.63) is 21.8 Å². The second-order valence-electron chi connectivity index (χ2n) is 1.77. The Hall–Kier alpha value is 0.279. The van der Waals surface area contributed by atoms with Crippen molar-refractivity contribution in [1.29, 1.82) is 0 Å². The molecule has 0 aromatic carbocycles. The van der Waals surface area contributed by atoms with Gasteiger partial charge in [0.25, 0.3) is 0 Å². The van der Waals surface area contributed by atoms with Gasteiger partial charge in [-0.2, -0.15) is 0 Å². The molecule has 0 N–H and O–H groups in total. The minimum absolute atomic E-state index is 0.361. The molecule has 0 aromatic heterocycles. The van der Waals surface area contributed by atoms with Crippen molar-refractivity contribution in [3.8, 4) is 0 Å². The van der Waals surface area contributed by atoms with E-state index < -0.39 is 0 Å². The quantitative estimate of drug-likeness (QED) is 0.556. The van der Waals surface area contributed by atoms with Gasteiger partial charge < -0.3 is 0 Å². The van der Waals surface area contributed by atoms with Gasteiger partial charge in [0.05, 0.1) is 0 Å². The van der Waals surface area contributed by atoms with Gasteiger partial charge in [-0.05, 0) is 0 Å². The molecule has 7 heavy (non-hydrogen) atoms. The van der Waals surface area contributed by atoms with Gasteiger partial charge in [-0.3, -0.25) is 0 Å². The zero-order valence-corrected chi connectivity index (χ0v) is 8.68. The molecule has 0 saturated heterocycles. The zero-order valence-electron chi connectivity index (χ0n) is 4.65. The van der Waals surface area contributed by atoms with E-state index in [1.54, 1.807) is 3.59 Å². The van der Waals surface area contributed by atoms with Gasteiger partial charge in [0, 0.05) is 0 Å². The fraction of sp³-hybridized carbons (Fsp3) is 0.333. The molecular formula is C6H10Sn. The van der Waals surface area contributed by atoms with Crippen molar-refractivity contribution in [1.82, 2.24) is 0 Å². The summed E-state index contributed by atoms with van der Waals surface area (Å²) in [6.07, 6.45) is 8.10. The molecule has 0 amide bonds. The van der Waals surface area contributed by atoms with Crippen LogP contribution in [0.2, 0.25) is 4.94 Å². The standard InChI is InChI=1S/C5H5.CH3.Sn.2H/c1-2-4-5-3-1;;;;/h1-2,5H,3H2;1H3;;;. The summed E-state index contributed by atoms with van der Waals surface area (Å²) in [6, 6.07) is 0. The SMILES string of the molecule is [CH3][SnH2][C]1=CCC=C1. The second-order valence-corrected chi connectivity index (χ2v) is 6.12. The van der Waals surface area contributed by atoms with Crippen molar-refractivity contribution < 1.29 is 0 Å². The number of allylic oxidation sites excluding steroid dienone is 4. The first-order chi connectivity index (χ1) is 3.43. The molecule has 38 valence electrons. The van der Waals surface area contributed by atoms with Crippen LogP contribution < -0.4 is 0 Å². The predicted molar refractivity (Wildman–Crippen MR) is 36.2 cm³/mol. The van der Waals surface area contributed by atoms with Crippen LogP contribution in [-0.4, -0.2) is 21.1 Å². The summed E-state index contributed by atoms with van der Waals surface area (Å²) in [7, 11) is 0. The van der Waals surface area contributed by atoms with Crippen molar-refractivity contribution in [3.63, 3.8) is 0 Å². The molecule has 0 aromatic rings. The Bertz CT molecular complexity index is 111. The average Bonchev–Trinajstić information content (AvgIpc) is 2.14. The molecule has 0 nitrogen and oxygen atoms in total. The topological polar surface area (TPSA) is 0 Å². The average molecular weight is 201 g/mol. The monoisotopic (exact) mass is 202 g/mol. The van der Waals surface area contributed by atoms with Gasteiger partial charge in [0.2, 0.25) is 0 Å².